The van der Waals surface area contributed by atoms with E-state index in [1.54, 1.807) is 28.9 Å². The Kier molecular flexibility index (Phi) is 7.09. The van der Waals surface area contributed by atoms with Gasteiger partial charge in [-0.05, 0) is 60.5 Å². The van der Waals surface area contributed by atoms with Crippen LogP contribution in [0.15, 0.2) is 78.9 Å². The molecular formula is C27H24ClN3O3. The number of hydrogen-bond acceptors (Lipinski definition) is 4. The quantitative estimate of drug-likeness (QED) is 0.318. The van der Waals surface area contributed by atoms with Crippen molar-refractivity contribution in [1.82, 2.24) is 9.78 Å². The molecule has 34 heavy (non-hydrogen) atoms. The van der Waals surface area contributed by atoms with Gasteiger partial charge in [-0.2, -0.15) is 9.78 Å². The molecule has 0 aliphatic carbocycles. The maximum absolute atomic E-state index is 12.5. The van der Waals surface area contributed by atoms with Gasteiger partial charge < -0.3 is 10.1 Å². The van der Waals surface area contributed by atoms with E-state index in [9.17, 15) is 9.59 Å². The Morgan fingerprint density at radius 2 is 1.65 bits per heavy atom. The van der Waals surface area contributed by atoms with Crippen molar-refractivity contribution in [3.63, 3.8) is 0 Å². The first-order valence-electron chi connectivity index (χ1n) is 11.0. The molecule has 0 spiro atoms. The van der Waals surface area contributed by atoms with E-state index in [-0.39, 0.29) is 5.91 Å². The molecule has 0 aliphatic heterocycles. The van der Waals surface area contributed by atoms with Gasteiger partial charge in [0.05, 0.1) is 16.9 Å². The third kappa shape index (κ3) is 5.18. The van der Waals surface area contributed by atoms with E-state index in [1.165, 1.54) is 6.92 Å². The summed E-state index contributed by atoms with van der Waals surface area (Å²) in [4.78, 5) is 24.5. The van der Waals surface area contributed by atoms with Crippen LogP contribution in [0.2, 0.25) is 5.02 Å². The molecule has 4 rings (SSSR count). The third-order valence-electron chi connectivity index (χ3n) is 5.18. The van der Waals surface area contributed by atoms with Crippen LogP contribution >= 0.6 is 11.6 Å². The van der Waals surface area contributed by atoms with Crippen LogP contribution in [0.4, 0.5) is 5.69 Å². The molecule has 1 heterocycles. The zero-order valence-corrected chi connectivity index (χ0v) is 19.7. The monoisotopic (exact) mass is 473 g/mol. The molecule has 7 heteroatoms. The van der Waals surface area contributed by atoms with Crippen LogP contribution in [-0.2, 0) is 11.2 Å². The zero-order valence-electron chi connectivity index (χ0n) is 18.9. The summed E-state index contributed by atoms with van der Waals surface area (Å²) in [5.41, 5.74) is 4.39. The van der Waals surface area contributed by atoms with Gasteiger partial charge in [0.15, 0.2) is 0 Å². The number of nitrogens with one attached hydrogen (secondary N) is 1. The lowest BCUT2D eigenvalue weighted by atomic mass is 10.0. The molecule has 0 saturated carbocycles. The Balaban J connectivity index is 1.70. The highest BCUT2D eigenvalue weighted by Crippen LogP contribution is 2.37. The van der Waals surface area contributed by atoms with E-state index in [2.05, 4.69) is 12.2 Å². The van der Waals surface area contributed by atoms with Gasteiger partial charge >= 0.3 is 5.97 Å². The normalized spacial score (nSPS) is 10.7. The third-order valence-corrected chi connectivity index (χ3v) is 5.43. The maximum atomic E-state index is 12.5. The Labute approximate surface area is 203 Å². The van der Waals surface area contributed by atoms with Crippen LogP contribution < -0.4 is 10.1 Å². The highest BCUT2D eigenvalue weighted by molar-refractivity contribution is 6.30. The van der Waals surface area contributed by atoms with Crippen molar-refractivity contribution in [3.8, 4) is 22.7 Å². The van der Waals surface area contributed by atoms with Crippen molar-refractivity contribution in [1.29, 1.82) is 0 Å². The number of carbonyl (C=O) groups is 2. The molecule has 3 aromatic carbocycles. The Morgan fingerprint density at radius 1 is 0.971 bits per heavy atom. The van der Waals surface area contributed by atoms with Gasteiger partial charge in [-0.3, -0.25) is 9.59 Å². The number of amides is 1. The molecule has 0 fully saturated rings. The number of para-hydroxylation sites is 1. The van der Waals surface area contributed by atoms with Crippen molar-refractivity contribution >= 4 is 29.2 Å². The first kappa shape index (κ1) is 23.3. The number of ether oxygens (including phenoxy) is 1. The van der Waals surface area contributed by atoms with Crippen LogP contribution in [0.1, 0.15) is 36.3 Å². The van der Waals surface area contributed by atoms with Crippen LogP contribution in [0.5, 0.6) is 5.88 Å². The lowest BCUT2D eigenvalue weighted by Gasteiger charge is -2.10. The lowest BCUT2D eigenvalue weighted by Crippen LogP contribution is -2.11. The van der Waals surface area contributed by atoms with E-state index >= 15 is 0 Å². The maximum Gasteiger partial charge on any atom is 0.309 e. The van der Waals surface area contributed by atoms with Crippen molar-refractivity contribution in [2.45, 2.75) is 26.7 Å². The molecule has 0 unspecified atom stereocenters. The second-order valence-corrected chi connectivity index (χ2v) is 8.19. The van der Waals surface area contributed by atoms with E-state index < -0.39 is 5.97 Å². The average molecular weight is 474 g/mol. The second-order valence-electron chi connectivity index (χ2n) is 7.76. The number of aromatic nitrogens is 2. The molecule has 0 bridgehead atoms. The van der Waals surface area contributed by atoms with Gasteiger partial charge in [-0.25, -0.2) is 0 Å². The smallest absolute Gasteiger partial charge is 0.309 e. The number of carbonyl (C=O) groups excluding carboxylic acids is 2. The number of rotatable bonds is 7. The fourth-order valence-corrected chi connectivity index (χ4v) is 3.77. The number of halogens is 1. The van der Waals surface area contributed by atoms with Crippen LogP contribution in [0.25, 0.3) is 16.8 Å². The fourth-order valence-electron chi connectivity index (χ4n) is 3.65. The van der Waals surface area contributed by atoms with Gasteiger partial charge in [-0.1, -0.05) is 55.3 Å². The second kappa shape index (κ2) is 10.4. The first-order chi connectivity index (χ1) is 16.5. The van der Waals surface area contributed by atoms with Gasteiger partial charge in [-0.15, -0.1) is 0 Å². The molecule has 172 valence electrons. The van der Waals surface area contributed by atoms with Gasteiger partial charge in [0.1, 0.15) is 0 Å². The number of aryl methyl sites for hydroxylation is 1. The van der Waals surface area contributed by atoms with Crippen molar-refractivity contribution in [2.75, 3.05) is 5.32 Å². The summed E-state index contributed by atoms with van der Waals surface area (Å²) in [6.07, 6.45) is 1.60. The molecule has 1 amide bonds. The molecule has 6 nitrogen and oxygen atoms in total. The summed E-state index contributed by atoms with van der Waals surface area (Å²) in [5.74, 6) is -0.276. The Morgan fingerprint density at radius 3 is 2.26 bits per heavy atom. The predicted molar refractivity (Wildman–Crippen MR) is 134 cm³/mol. The van der Waals surface area contributed by atoms with Gasteiger partial charge in [0, 0.05) is 23.2 Å². The summed E-state index contributed by atoms with van der Waals surface area (Å²) in [7, 11) is 0. The minimum Gasteiger partial charge on any atom is -0.407 e. The van der Waals surface area contributed by atoms with Crippen molar-refractivity contribution in [3.05, 3.63) is 95.1 Å². The largest absolute Gasteiger partial charge is 0.407 e. The van der Waals surface area contributed by atoms with Crippen molar-refractivity contribution in [2.24, 2.45) is 0 Å². The topological polar surface area (TPSA) is 73.2 Å². The molecule has 1 aromatic heterocycles. The van der Waals surface area contributed by atoms with Crippen LogP contribution in [0, 0.1) is 0 Å². The van der Waals surface area contributed by atoms with Crippen LogP contribution in [0.3, 0.4) is 0 Å². The average Bonchev–Trinajstić information content (AvgIpc) is 3.18. The SMILES string of the molecule is CCCc1nn(-c2ccccc2)c(OC(C)=O)c1-c1ccc(NC(=O)c2ccc(Cl)cc2)cc1. The number of hydrogen-bond donors (Lipinski definition) is 1. The van der Waals surface area contributed by atoms with E-state index in [0.717, 1.165) is 35.3 Å². The highest BCUT2D eigenvalue weighted by atomic mass is 35.5. The Bertz CT molecular complexity index is 1300. The minimum atomic E-state index is -0.423. The summed E-state index contributed by atoms with van der Waals surface area (Å²) in [6, 6.07) is 23.7. The van der Waals surface area contributed by atoms with Crippen LogP contribution in [-0.4, -0.2) is 21.7 Å². The number of benzene rings is 3. The van der Waals surface area contributed by atoms with E-state index in [1.807, 2.05) is 54.6 Å². The lowest BCUT2D eigenvalue weighted by molar-refractivity contribution is -0.132. The van der Waals surface area contributed by atoms with Gasteiger partial charge in [0.25, 0.3) is 5.91 Å². The van der Waals surface area contributed by atoms with E-state index in [0.29, 0.717) is 22.2 Å². The number of anilines is 1. The number of nitrogens with zero attached hydrogens (tertiary/aromatic N) is 2. The molecule has 1 N–H and O–H groups in total. The van der Waals surface area contributed by atoms with Crippen molar-refractivity contribution < 1.29 is 14.3 Å². The van der Waals surface area contributed by atoms with E-state index in [4.69, 9.17) is 21.4 Å². The standard InChI is InChI=1S/C27H24ClN3O3/c1-3-7-24-25(27(34-18(2)32)31(30-24)23-8-5-4-6-9-23)19-12-16-22(17-13-19)29-26(33)20-10-14-21(28)15-11-20/h4-6,8-17H,3,7H2,1-2H3,(H,29,33). The summed E-state index contributed by atoms with van der Waals surface area (Å²) in [5, 5.41) is 8.23. The molecular weight excluding hydrogens is 450 g/mol. The Hall–Kier alpha value is -3.90. The highest BCUT2D eigenvalue weighted by Gasteiger charge is 2.23. The summed E-state index contributed by atoms with van der Waals surface area (Å²) in [6.45, 7) is 3.45. The minimum absolute atomic E-state index is 0.228. The molecule has 0 atom stereocenters. The molecule has 4 aromatic rings. The first-order valence-corrected chi connectivity index (χ1v) is 11.4. The zero-order chi connectivity index (χ0) is 24.1. The van der Waals surface area contributed by atoms with Gasteiger partial charge in [0.2, 0.25) is 5.88 Å². The molecule has 0 aliphatic rings. The number of esters is 1. The fraction of sp³-hybridized carbons (Fsp3) is 0.148. The molecule has 0 radical (unpaired) electrons. The summed E-state index contributed by atoms with van der Waals surface area (Å²) >= 11 is 5.90. The predicted octanol–water partition coefficient (Wildman–Crippen LogP) is 6.32. The summed E-state index contributed by atoms with van der Waals surface area (Å²) < 4.78 is 7.32. The molecule has 0 saturated heterocycles.